The molecule has 0 saturated heterocycles. The number of carbonyl (C=O) groups is 1. The number of hydrogen-bond acceptors (Lipinski definition) is 3. The molecule has 0 N–H and O–H groups in total. The Hall–Kier alpha value is -2.36. The maximum absolute atomic E-state index is 12.7. The summed E-state index contributed by atoms with van der Waals surface area (Å²) < 4.78 is 1.84. The van der Waals surface area contributed by atoms with E-state index in [4.69, 9.17) is 0 Å². The molecule has 1 aromatic heterocycles. The van der Waals surface area contributed by atoms with Gasteiger partial charge in [0, 0.05) is 31.4 Å². The number of nitrogens with zero attached hydrogens (tertiary/aromatic N) is 3. The lowest BCUT2D eigenvalue weighted by molar-refractivity contribution is 0.101. The average Bonchev–Trinajstić information content (AvgIpc) is 2.88. The molecule has 22 heavy (non-hydrogen) atoms. The van der Waals surface area contributed by atoms with Crippen molar-refractivity contribution < 1.29 is 4.79 Å². The smallest absolute Gasteiger partial charge is 0.208 e. The highest BCUT2D eigenvalue weighted by Crippen LogP contribution is 2.25. The second kappa shape index (κ2) is 5.79. The topological polar surface area (TPSA) is 38.1 Å². The molecule has 4 nitrogen and oxygen atoms in total. The third kappa shape index (κ3) is 2.82. The Kier molecular flexibility index (Phi) is 3.84. The lowest BCUT2D eigenvalue weighted by Crippen LogP contribution is -2.20. The molecule has 1 aliphatic carbocycles. The van der Waals surface area contributed by atoms with Gasteiger partial charge in [0.05, 0.1) is 12.7 Å². The summed E-state index contributed by atoms with van der Waals surface area (Å²) in [4.78, 5) is 14.7. The number of aromatic nitrogens is 2. The fourth-order valence-electron chi connectivity index (χ4n) is 2.83. The number of rotatable bonds is 3. The van der Waals surface area contributed by atoms with Crippen LogP contribution in [0.5, 0.6) is 0 Å². The highest BCUT2D eigenvalue weighted by molar-refractivity contribution is 6.09. The molecule has 2 aromatic rings. The molecule has 1 aromatic carbocycles. The van der Waals surface area contributed by atoms with Crippen molar-refractivity contribution in [1.29, 1.82) is 0 Å². The van der Waals surface area contributed by atoms with Crippen LogP contribution in [0.3, 0.4) is 0 Å². The second-order valence-corrected chi connectivity index (χ2v) is 6.11. The van der Waals surface area contributed by atoms with Crippen molar-refractivity contribution in [2.45, 2.75) is 26.3 Å². The molecule has 0 atom stereocenters. The van der Waals surface area contributed by atoms with E-state index in [-0.39, 0.29) is 5.78 Å². The maximum Gasteiger partial charge on any atom is 0.208 e. The Bertz CT molecular complexity index is 723. The van der Waals surface area contributed by atoms with E-state index in [0.29, 0.717) is 6.54 Å². The molecule has 0 amide bonds. The van der Waals surface area contributed by atoms with Crippen molar-refractivity contribution in [1.82, 2.24) is 14.7 Å². The fraction of sp³-hybridized carbons (Fsp3) is 0.333. The van der Waals surface area contributed by atoms with Crippen LogP contribution in [-0.2, 0) is 13.0 Å². The van der Waals surface area contributed by atoms with Crippen LogP contribution in [0.15, 0.2) is 42.2 Å². The van der Waals surface area contributed by atoms with Crippen molar-refractivity contribution in [3.63, 3.8) is 0 Å². The third-order valence-corrected chi connectivity index (χ3v) is 3.95. The van der Waals surface area contributed by atoms with Gasteiger partial charge in [-0.2, -0.15) is 5.10 Å². The molecular formula is C18H21N3O. The van der Waals surface area contributed by atoms with Gasteiger partial charge in [-0.25, -0.2) is 0 Å². The van der Waals surface area contributed by atoms with Gasteiger partial charge in [0.25, 0.3) is 0 Å². The van der Waals surface area contributed by atoms with Crippen molar-refractivity contribution in [2.75, 3.05) is 14.1 Å². The Morgan fingerprint density at radius 3 is 2.64 bits per heavy atom. The van der Waals surface area contributed by atoms with E-state index in [9.17, 15) is 4.79 Å². The summed E-state index contributed by atoms with van der Waals surface area (Å²) in [6.07, 6.45) is 5.44. The van der Waals surface area contributed by atoms with Gasteiger partial charge in [0.15, 0.2) is 0 Å². The summed E-state index contributed by atoms with van der Waals surface area (Å²) in [6, 6.07) is 8.36. The Morgan fingerprint density at radius 1 is 1.23 bits per heavy atom. The number of carbonyl (C=O) groups excluding carboxylic acids is 1. The summed E-state index contributed by atoms with van der Waals surface area (Å²) in [7, 11) is 3.89. The molecule has 0 unspecified atom stereocenters. The summed E-state index contributed by atoms with van der Waals surface area (Å²) in [5.74, 6) is 0.111. The Morgan fingerprint density at radius 2 is 1.95 bits per heavy atom. The Labute approximate surface area is 131 Å². The average molecular weight is 295 g/mol. The molecular weight excluding hydrogens is 274 g/mol. The van der Waals surface area contributed by atoms with Crippen LogP contribution in [0.4, 0.5) is 0 Å². The van der Waals surface area contributed by atoms with Crippen LogP contribution >= 0.6 is 0 Å². The van der Waals surface area contributed by atoms with Crippen LogP contribution in [-0.4, -0.2) is 34.6 Å². The van der Waals surface area contributed by atoms with Crippen LogP contribution in [0.1, 0.15) is 33.6 Å². The van der Waals surface area contributed by atoms with E-state index in [1.165, 1.54) is 5.56 Å². The van der Waals surface area contributed by atoms with Crippen molar-refractivity contribution in [3.8, 4) is 0 Å². The van der Waals surface area contributed by atoms with Crippen LogP contribution < -0.4 is 0 Å². The van der Waals surface area contributed by atoms with Gasteiger partial charge in [-0.1, -0.05) is 29.8 Å². The maximum atomic E-state index is 12.7. The lowest BCUT2D eigenvalue weighted by atomic mass is 9.92. The molecule has 0 fully saturated rings. The number of fused-ring (bicyclic) bond motifs is 1. The van der Waals surface area contributed by atoms with E-state index in [1.54, 1.807) is 0 Å². The molecule has 0 saturated carbocycles. The number of benzene rings is 1. The zero-order chi connectivity index (χ0) is 15.7. The summed E-state index contributed by atoms with van der Waals surface area (Å²) >= 11 is 0. The van der Waals surface area contributed by atoms with Gasteiger partial charge >= 0.3 is 0 Å². The van der Waals surface area contributed by atoms with Gasteiger partial charge in [0.1, 0.15) is 5.69 Å². The predicted octanol–water partition coefficient (Wildman–Crippen LogP) is 2.81. The third-order valence-electron chi connectivity index (χ3n) is 3.95. The number of allylic oxidation sites excluding steroid dienone is 1. The molecule has 3 rings (SSSR count). The van der Waals surface area contributed by atoms with Crippen LogP contribution in [0.2, 0.25) is 0 Å². The molecule has 4 heteroatoms. The highest BCUT2D eigenvalue weighted by atomic mass is 16.1. The predicted molar refractivity (Wildman–Crippen MR) is 86.9 cm³/mol. The molecule has 114 valence electrons. The largest absolute Gasteiger partial charge is 0.383 e. The van der Waals surface area contributed by atoms with E-state index < -0.39 is 0 Å². The van der Waals surface area contributed by atoms with E-state index in [0.717, 1.165) is 35.2 Å². The summed E-state index contributed by atoms with van der Waals surface area (Å²) in [5.41, 5.74) is 5.07. The number of ketones is 1. The highest BCUT2D eigenvalue weighted by Gasteiger charge is 2.26. The van der Waals surface area contributed by atoms with Crippen molar-refractivity contribution >= 4 is 5.78 Å². The zero-order valence-electron chi connectivity index (χ0n) is 13.3. The van der Waals surface area contributed by atoms with E-state index in [1.807, 2.05) is 36.1 Å². The van der Waals surface area contributed by atoms with Crippen LogP contribution in [0, 0.1) is 6.92 Å². The first-order valence-electron chi connectivity index (χ1n) is 7.56. The minimum atomic E-state index is 0.111. The quantitative estimate of drug-likeness (QED) is 0.817. The van der Waals surface area contributed by atoms with Crippen molar-refractivity contribution in [2.24, 2.45) is 0 Å². The van der Waals surface area contributed by atoms with Crippen molar-refractivity contribution in [3.05, 3.63) is 64.6 Å². The summed E-state index contributed by atoms with van der Waals surface area (Å²) in [6.45, 7) is 2.71. The monoisotopic (exact) mass is 295 g/mol. The minimum Gasteiger partial charge on any atom is -0.383 e. The molecule has 0 spiro atoms. The first kappa shape index (κ1) is 14.6. The van der Waals surface area contributed by atoms with Gasteiger partial charge in [-0.15, -0.1) is 0 Å². The number of aryl methyl sites for hydroxylation is 2. The SMILES string of the molecule is Cc1ccc(Cn2ncc3c2C(=O)C(=CN(C)C)CC3)cc1. The lowest BCUT2D eigenvalue weighted by Gasteiger charge is -2.18. The second-order valence-electron chi connectivity index (χ2n) is 6.11. The molecule has 0 radical (unpaired) electrons. The molecule has 1 aliphatic rings. The zero-order valence-corrected chi connectivity index (χ0v) is 13.3. The fourth-order valence-corrected chi connectivity index (χ4v) is 2.83. The number of Topliss-reactive ketones (excluding diaryl/α,β-unsaturated/α-hetero) is 1. The minimum absolute atomic E-state index is 0.111. The van der Waals surface area contributed by atoms with Gasteiger partial charge in [-0.05, 0) is 25.3 Å². The first-order valence-corrected chi connectivity index (χ1v) is 7.56. The van der Waals surface area contributed by atoms with Gasteiger partial charge < -0.3 is 4.90 Å². The summed E-state index contributed by atoms with van der Waals surface area (Å²) in [5, 5.41) is 4.43. The molecule has 0 bridgehead atoms. The van der Waals surface area contributed by atoms with Crippen LogP contribution in [0.25, 0.3) is 0 Å². The normalized spacial score (nSPS) is 16.0. The van der Waals surface area contributed by atoms with E-state index in [2.05, 4.69) is 36.3 Å². The van der Waals surface area contributed by atoms with E-state index >= 15 is 0 Å². The Balaban J connectivity index is 1.92. The molecule has 0 aliphatic heterocycles. The molecule has 1 heterocycles. The van der Waals surface area contributed by atoms with Gasteiger partial charge in [0.2, 0.25) is 5.78 Å². The first-order chi connectivity index (χ1) is 10.5. The number of hydrogen-bond donors (Lipinski definition) is 0. The van der Waals surface area contributed by atoms with Gasteiger partial charge in [-0.3, -0.25) is 9.48 Å². The standard InChI is InChI=1S/C18H21N3O/c1-13-4-6-14(7-5-13)11-21-17-15(10-19-21)8-9-16(18(17)22)12-20(2)3/h4-7,10,12H,8-9,11H2,1-3H3.